The largest absolute Gasteiger partial charge is 0.463 e. The summed E-state index contributed by atoms with van der Waals surface area (Å²) in [4.78, 5) is 43.9. The highest BCUT2D eigenvalue weighted by atomic mass is 19.1. The summed E-state index contributed by atoms with van der Waals surface area (Å²) in [5.74, 6) is -0.991. The topological polar surface area (TPSA) is 82.2 Å². The van der Waals surface area contributed by atoms with E-state index in [1.807, 2.05) is 30.3 Å². The van der Waals surface area contributed by atoms with E-state index in [-0.39, 0.29) is 24.4 Å². The van der Waals surface area contributed by atoms with Crippen LogP contribution in [0.15, 0.2) is 65.9 Å². The van der Waals surface area contributed by atoms with Crippen molar-refractivity contribution in [3.05, 3.63) is 82.8 Å². The maximum Gasteiger partial charge on any atom is 0.338 e. The minimum absolute atomic E-state index is 0.144. The summed E-state index contributed by atoms with van der Waals surface area (Å²) < 4.78 is 18.6. The van der Waals surface area contributed by atoms with Crippen LogP contribution in [0.2, 0.25) is 0 Å². The fourth-order valence-electron chi connectivity index (χ4n) is 4.39. The number of benzene rings is 2. The second-order valence-electron chi connectivity index (χ2n) is 8.51. The van der Waals surface area contributed by atoms with E-state index < -0.39 is 12.0 Å². The predicted octanol–water partition coefficient (Wildman–Crippen LogP) is 2.80. The molecule has 8 nitrogen and oxygen atoms in total. The molecule has 0 saturated carbocycles. The summed E-state index contributed by atoms with van der Waals surface area (Å²) in [5, 5.41) is 2.91. The molecule has 1 unspecified atom stereocenters. The van der Waals surface area contributed by atoms with E-state index in [1.165, 1.54) is 29.2 Å². The van der Waals surface area contributed by atoms with Crippen LogP contribution in [-0.2, 0) is 9.53 Å². The van der Waals surface area contributed by atoms with E-state index >= 15 is 0 Å². The molecule has 184 valence electrons. The molecule has 0 aromatic heterocycles. The standard InChI is InChI=1S/C26H29FN4O4/c1-3-35-25(33)22-21(29(2)26(34)28-23(22)18-7-5-4-6-8-18)17-30-13-15-31(16-14-30)24(32)19-9-11-20(27)12-10-19/h4-12,23H,3,13-17H2,1-2H3,(H,28,34). The second-order valence-corrected chi connectivity index (χ2v) is 8.51. The number of hydrogen-bond acceptors (Lipinski definition) is 5. The van der Waals surface area contributed by atoms with E-state index in [0.717, 1.165) is 5.56 Å². The minimum atomic E-state index is -0.615. The molecule has 9 heteroatoms. The van der Waals surface area contributed by atoms with Gasteiger partial charge in [0.2, 0.25) is 0 Å². The minimum Gasteiger partial charge on any atom is -0.463 e. The zero-order chi connectivity index (χ0) is 24.9. The highest BCUT2D eigenvalue weighted by Crippen LogP contribution is 2.31. The SMILES string of the molecule is CCOC(=O)C1=C(CN2CCN(C(=O)c3ccc(F)cc3)CC2)N(C)C(=O)NC1c1ccccc1. The molecule has 1 saturated heterocycles. The van der Waals surface area contributed by atoms with Crippen LogP contribution in [0.1, 0.15) is 28.9 Å². The van der Waals surface area contributed by atoms with Gasteiger partial charge in [0, 0.05) is 51.0 Å². The molecule has 1 fully saturated rings. The van der Waals surface area contributed by atoms with Gasteiger partial charge in [-0.3, -0.25) is 14.6 Å². The molecular formula is C26H29FN4O4. The van der Waals surface area contributed by atoms with Crippen molar-refractivity contribution < 1.29 is 23.5 Å². The number of rotatable bonds is 6. The third kappa shape index (κ3) is 5.35. The van der Waals surface area contributed by atoms with Gasteiger partial charge >= 0.3 is 12.0 Å². The number of carbonyl (C=O) groups excluding carboxylic acids is 3. The molecule has 0 bridgehead atoms. The quantitative estimate of drug-likeness (QED) is 0.643. The van der Waals surface area contributed by atoms with E-state index in [2.05, 4.69) is 10.2 Å². The highest BCUT2D eigenvalue weighted by molar-refractivity contribution is 5.95. The molecule has 2 aromatic carbocycles. The normalized spacial score (nSPS) is 18.9. The van der Waals surface area contributed by atoms with Crippen molar-refractivity contribution in [3.8, 4) is 0 Å². The maximum absolute atomic E-state index is 13.2. The van der Waals surface area contributed by atoms with E-state index in [9.17, 15) is 18.8 Å². The lowest BCUT2D eigenvalue weighted by molar-refractivity contribution is -0.139. The Labute approximate surface area is 203 Å². The van der Waals surface area contributed by atoms with Crippen LogP contribution in [0.25, 0.3) is 0 Å². The van der Waals surface area contributed by atoms with Gasteiger partial charge in [-0.15, -0.1) is 0 Å². The van der Waals surface area contributed by atoms with Crippen molar-refractivity contribution in [2.75, 3.05) is 46.4 Å². The van der Waals surface area contributed by atoms with Crippen molar-refractivity contribution >= 4 is 17.9 Å². The van der Waals surface area contributed by atoms with Gasteiger partial charge in [0.1, 0.15) is 5.82 Å². The molecule has 1 N–H and O–H groups in total. The van der Waals surface area contributed by atoms with Crippen molar-refractivity contribution in [1.82, 2.24) is 20.0 Å². The van der Waals surface area contributed by atoms with Crippen LogP contribution in [0, 0.1) is 5.82 Å². The predicted molar refractivity (Wildman–Crippen MR) is 128 cm³/mol. The Hall–Kier alpha value is -3.72. The Balaban J connectivity index is 1.54. The van der Waals surface area contributed by atoms with Crippen LogP contribution in [0.5, 0.6) is 0 Å². The van der Waals surface area contributed by atoms with Gasteiger partial charge in [0.05, 0.1) is 18.2 Å². The molecule has 3 amide bonds. The lowest BCUT2D eigenvalue weighted by Gasteiger charge is -2.39. The maximum atomic E-state index is 13.2. The number of ether oxygens (including phenoxy) is 1. The van der Waals surface area contributed by atoms with E-state index in [4.69, 9.17) is 4.74 Å². The number of esters is 1. The Morgan fingerprint density at radius 1 is 1.03 bits per heavy atom. The number of amides is 3. The van der Waals surface area contributed by atoms with Gasteiger partial charge in [-0.2, -0.15) is 0 Å². The third-order valence-electron chi connectivity index (χ3n) is 6.33. The molecular weight excluding hydrogens is 451 g/mol. The molecule has 2 heterocycles. The number of urea groups is 1. The van der Waals surface area contributed by atoms with E-state index in [0.29, 0.717) is 49.6 Å². The second kappa shape index (κ2) is 10.7. The number of hydrogen-bond donors (Lipinski definition) is 1. The van der Waals surface area contributed by atoms with E-state index in [1.54, 1.807) is 18.9 Å². The van der Waals surface area contributed by atoms with Crippen LogP contribution < -0.4 is 5.32 Å². The van der Waals surface area contributed by atoms with Gasteiger partial charge in [0.25, 0.3) is 5.91 Å². The average Bonchev–Trinajstić information content (AvgIpc) is 2.87. The summed E-state index contributed by atoms with van der Waals surface area (Å²) in [7, 11) is 1.64. The molecule has 35 heavy (non-hydrogen) atoms. The first-order chi connectivity index (χ1) is 16.9. The Morgan fingerprint density at radius 3 is 2.31 bits per heavy atom. The molecule has 2 aliphatic heterocycles. The lowest BCUT2D eigenvalue weighted by atomic mass is 9.94. The summed E-state index contributed by atoms with van der Waals surface area (Å²) in [6.45, 7) is 4.43. The van der Waals surface area contributed by atoms with Gasteiger partial charge in [0.15, 0.2) is 0 Å². The number of halogens is 1. The summed E-state index contributed by atoms with van der Waals surface area (Å²) in [6, 6.07) is 13.9. The molecule has 0 spiro atoms. The van der Waals surface area contributed by atoms with Crippen molar-refractivity contribution in [3.63, 3.8) is 0 Å². The van der Waals surface area contributed by atoms with Gasteiger partial charge < -0.3 is 15.0 Å². The van der Waals surface area contributed by atoms with Crippen molar-refractivity contribution in [2.45, 2.75) is 13.0 Å². The van der Waals surface area contributed by atoms with Gasteiger partial charge in [-0.05, 0) is 36.8 Å². The molecule has 1 atom stereocenters. The van der Waals surface area contributed by atoms with Crippen LogP contribution >= 0.6 is 0 Å². The summed E-state index contributed by atoms with van der Waals surface area (Å²) in [6.07, 6.45) is 0. The fraction of sp³-hybridized carbons (Fsp3) is 0.346. The zero-order valence-electron chi connectivity index (χ0n) is 19.9. The third-order valence-corrected chi connectivity index (χ3v) is 6.33. The number of nitrogens with one attached hydrogen (secondary N) is 1. The summed E-state index contributed by atoms with van der Waals surface area (Å²) >= 11 is 0. The number of carbonyl (C=O) groups is 3. The van der Waals surface area contributed by atoms with Crippen LogP contribution in [0.4, 0.5) is 9.18 Å². The van der Waals surface area contributed by atoms with Gasteiger partial charge in [-0.1, -0.05) is 30.3 Å². The first-order valence-corrected chi connectivity index (χ1v) is 11.7. The molecule has 0 aliphatic carbocycles. The first-order valence-electron chi connectivity index (χ1n) is 11.7. The average molecular weight is 481 g/mol. The van der Waals surface area contributed by atoms with Crippen LogP contribution in [-0.4, -0.2) is 79.0 Å². The molecule has 4 rings (SSSR count). The molecule has 2 aromatic rings. The Bertz CT molecular complexity index is 1110. The van der Waals surface area contributed by atoms with Crippen molar-refractivity contribution in [1.29, 1.82) is 0 Å². The number of nitrogens with zero attached hydrogens (tertiary/aromatic N) is 3. The Morgan fingerprint density at radius 2 is 1.69 bits per heavy atom. The number of piperazine rings is 1. The first kappa shape index (κ1) is 24.4. The van der Waals surface area contributed by atoms with Gasteiger partial charge in [-0.25, -0.2) is 14.0 Å². The zero-order valence-corrected chi connectivity index (χ0v) is 19.9. The highest BCUT2D eigenvalue weighted by Gasteiger charge is 2.37. The lowest BCUT2D eigenvalue weighted by Crippen LogP contribution is -2.53. The Kier molecular flexibility index (Phi) is 7.45. The molecule has 0 radical (unpaired) electrons. The number of likely N-dealkylation sites (N-methyl/N-ethyl adjacent to an activating group) is 1. The smallest absolute Gasteiger partial charge is 0.338 e. The van der Waals surface area contributed by atoms with Crippen LogP contribution in [0.3, 0.4) is 0 Å². The molecule has 2 aliphatic rings. The van der Waals surface area contributed by atoms with Crippen molar-refractivity contribution in [2.24, 2.45) is 0 Å². The fourth-order valence-corrected chi connectivity index (χ4v) is 4.39. The summed E-state index contributed by atoms with van der Waals surface area (Å²) in [5.41, 5.74) is 2.23. The monoisotopic (exact) mass is 480 g/mol.